The summed E-state index contributed by atoms with van der Waals surface area (Å²) < 4.78 is 10.4. The van der Waals surface area contributed by atoms with E-state index in [0.717, 1.165) is 0 Å². The fourth-order valence-corrected chi connectivity index (χ4v) is 1.30. The van der Waals surface area contributed by atoms with Crippen LogP contribution in [0.3, 0.4) is 0 Å². The van der Waals surface area contributed by atoms with Crippen LogP contribution in [0.15, 0.2) is 24.3 Å². The van der Waals surface area contributed by atoms with Crippen LogP contribution in [0.2, 0.25) is 0 Å². The molecule has 0 saturated heterocycles. The number of ether oxygens (including phenoxy) is 2. The van der Waals surface area contributed by atoms with E-state index in [4.69, 9.17) is 9.47 Å². The zero-order valence-corrected chi connectivity index (χ0v) is 11.7. The average molecular weight is 282 g/mol. The highest BCUT2D eigenvalue weighted by molar-refractivity contribution is 5.67. The van der Waals surface area contributed by atoms with Crippen molar-refractivity contribution in [2.45, 2.75) is 26.4 Å². The molecule has 1 rings (SSSR count). The van der Waals surface area contributed by atoms with Gasteiger partial charge in [-0.1, -0.05) is 0 Å². The Morgan fingerprint density at radius 3 is 2.40 bits per heavy atom. The van der Waals surface area contributed by atoms with Crippen LogP contribution in [-0.4, -0.2) is 29.8 Å². The van der Waals surface area contributed by atoms with E-state index in [-0.39, 0.29) is 18.8 Å². The molecule has 0 fully saturated rings. The number of nitro benzene ring substituents is 1. The van der Waals surface area contributed by atoms with Crippen LogP contribution in [0.25, 0.3) is 0 Å². The molecule has 1 N–H and O–H groups in total. The molecule has 110 valence electrons. The van der Waals surface area contributed by atoms with Gasteiger partial charge in [0.15, 0.2) is 0 Å². The van der Waals surface area contributed by atoms with Gasteiger partial charge >= 0.3 is 6.09 Å². The van der Waals surface area contributed by atoms with Crippen LogP contribution < -0.4 is 10.1 Å². The number of nitrogens with one attached hydrogen (secondary N) is 1. The molecule has 0 bridgehead atoms. The summed E-state index contributed by atoms with van der Waals surface area (Å²) >= 11 is 0. The van der Waals surface area contributed by atoms with Gasteiger partial charge in [0.05, 0.1) is 11.5 Å². The van der Waals surface area contributed by atoms with Crippen molar-refractivity contribution in [3.05, 3.63) is 34.4 Å². The summed E-state index contributed by atoms with van der Waals surface area (Å²) in [6, 6.07) is 5.73. The quantitative estimate of drug-likeness (QED) is 0.509. The molecule has 7 heteroatoms. The van der Waals surface area contributed by atoms with E-state index in [1.807, 2.05) is 0 Å². The lowest BCUT2D eigenvalue weighted by Crippen LogP contribution is -2.34. The SMILES string of the molecule is CC(C)(C)OC(=O)NCCOc1ccc([N+](=O)[O-])cc1. The number of rotatable bonds is 5. The molecule has 0 atom stereocenters. The molecule has 0 radical (unpaired) electrons. The molecule has 0 spiro atoms. The minimum absolute atomic E-state index is 0.00392. The second kappa shape index (κ2) is 6.74. The van der Waals surface area contributed by atoms with E-state index in [0.29, 0.717) is 5.75 Å². The lowest BCUT2D eigenvalue weighted by molar-refractivity contribution is -0.384. The summed E-state index contributed by atoms with van der Waals surface area (Å²) in [7, 11) is 0. The number of carbonyl (C=O) groups excluding carboxylic acids is 1. The van der Waals surface area contributed by atoms with Gasteiger partial charge in [-0.15, -0.1) is 0 Å². The van der Waals surface area contributed by atoms with Gasteiger partial charge in [0, 0.05) is 12.1 Å². The number of non-ortho nitro benzene ring substituents is 1. The first-order valence-electron chi connectivity index (χ1n) is 6.12. The summed E-state index contributed by atoms with van der Waals surface area (Å²) in [6.07, 6.45) is -0.509. The number of carbonyl (C=O) groups is 1. The number of nitro groups is 1. The van der Waals surface area contributed by atoms with E-state index in [2.05, 4.69) is 5.32 Å². The number of nitrogens with zero attached hydrogens (tertiary/aromatic N) is 1. The van der Waals surface area contributed by atoms with Crippen LogP contribution in [-0.2, 0) is 4.74 Å². The first-order chi connectivity index (χ1) is 9.28. The Balaban J connectivity index is 2.27. The number of hydrogen-bond acceptors (Lipinski definition) is 5. The highest BCUT2D eigenvalue weighted by atomic mass is 16.6. The first kappa shape index (κ1) is 15.7. The maximum Gasteiger partial charge on any atom is 0.407 e. The number of hydrogen-bond donors (Lipinski definition) is 1. The van der Waals surface area contributed by atoms with E-state index >= 15 is 0 Å². The van der Waals surface area contributed by atoms with Gasteiger partial charge in [-0.2, -0.15) is 0 Å². The van der Waals surface area contributed by atoms with Crippen molar-refractivity contribution >= 4 is 11.8 Å². The Hall–Kier alpha value is -2.31. The molecule has 0 aromatic heterocycles. The van der Waals surface area contributed by atoms with E-state index < -0.39 is 16.6 Å². The Bertz CT molecular complexity index is 465. The van der Waals surface area contributed by atoms with E-state index in [9.17, 15) is 14.9 Å². The molecule has 1 aromatic carbocycles. The monoisotopic (exact) mass is 282 g/mol. The van der Waals surface area contributed by atoms with Gasteiger partial charge in [0.1, 0.15) is 18.0 Å². The zero-order chi connectivity index (χ0) is 15.2. The number of alkyl carbamates (subject to hydrolysis) is 1. The molecule has 0 heterocycles. The predicted molar refractivity (Wildman–Crippen MR) is 72.8 cm³/mol. The summed E-state index contributed by atoms with van der Waals surface area (Å²) in [6.45, 7) is 5.86. The molecule has 0 unspecified atom stereocenters. The van der Waals surface area contributed by atoms with Crippen LogP contribution >= 0.6 is 0 Å². The van der Waals surface area contributed by atoms with Gasteiger partial charge in [-0.05, 0) is 32.9 Å². The molecule has 1 amide bonds. The normalized spacial score (nSPS) is 10.8. The summed E-state index contributed by atoms with van der Waals surface area (Å²) in [5.74, 6) is 0.501. The average Bonchev–Trinajstić information content (AvgIpc) is 2.33. The molecule has 0 aliphatic rings. The standard InChI is InChI=1S/C13H18N2O5/c1-13(2,3)20-12(16)14-8-9-19-11-6-4-10(5-7-11)15(17)18/h4-7H,8-9H2,1-3H3,(H,14,16). The van der Waals surface area contributed by atoms with Gasteiger partial charge in [0.25, 0.3) is 5.69 Å². The van der Waals surface area contributed by atoms with Gasteiger partial charge in [-0.25, -0.2) is 4.79 Å². The highest BCUT2D eigenvalue weighted by Gasteiger charge is 2.15. The molecule has 0 saturated carbocycles. The maximum absolute atomic E-state index is 11.3. The molecule has 0 aliphatic carbocycles. The smallest absolute Gasteiger partial charge is 0.407 e. The topological polar surface area (TPSA) is 90.7 Å². The lowest BCUT2D eigenvalue weighted by atomic mass is 10.2. The van der Waals surface area contributed by atoms with Gasteiger partial charge in [0.2, 0.25) is 0 Å². The van der Waals surface area contributed by atoms with Crippen molar-refractivity contribution in [2.75, 3.05) is 13.2 Å². The van der Waals surface area contributed by atoms with E-state index in [1.165, 1.54) is 24.3 Å². The minimum Gasteiger partial charge on any atom is -0.492 e. The maximum atomic E-state index is 11.3. The summed E-state index contributed by atoms with van der Waals surface area (Å²) in [4.78, 5) is 21.3. The molecule has 0 aliphatic heterocycles. The zero-order valence-electron chi connectivity index (χ0n) is 11.7. The van der Waals surface area contributed by atoms with Gasteiger partial charge in [-0.3, -0.25) is 10.1 Å². The van der Waals surface area contributed by atoms with Crippen molar-refractivity contribution in [1.29, 1.82) is 0 Å². The number of amides is 1. The fraction of sp³-hybridized carbons (Fsp3) is 0.462. The fourth-order valence-electron chi connectivity index (χ4n) is 1.30. The molecule has 1 aromatic rings. The minimum atomic E-state index is -0.538. The highest BCUT2D eigenvalue weighted by Crippen LogP contribution is 2.16. The lowest BCUT2D eigenvalue weighted by Gasteiger charge is -2.19. The second-order valence-electron chi connectivity index (χ2n) is 5.03. The van der Waals surface area contributed by atoms with Crippen LogP contribution in [0.5, 0.6) is 5.75 Å². The van der Waals surface area contributed by atoms with Crippen LogP contribution in [0.1, 0.15) is 20.8 Å². The van der Waals surface area contributed by atoms with E-state index in [1.54, 1.807) is 20.8 Å². The Labute approximate surface area is 117 Å². The first-order valence-corrected chi connectivity index (χ1v) is 6.12. The van der Waals surface area contributed by atoms with Crippen molar-refractivity contribution in [3.63, 3.8) is 0 Å². The third-order valence-corrected chi connectivity index (χ3v) is 2.09. The largest absolute Gasteiger partial charge is 0.492 e. The Morgan fingerprint density at radius 2 is 1.90 bits per heavy atom. The third kappa shape index (κ3) is 6.03. The molecular weight excluding hydrogens is 264 g/mol. The van der Waals surface area contributed by atoms with Crippen LogP contribution in [0, 0.1) is 10.1 Å². The van der Waals surface area contributed by atoms with Crippen molar-refractivity contribution < 1.29 is 19.2 Å². The summed E-state index contributed by atoms with van der Waals surface area (Å²) in [5, 5.41) is 13.0. The predicted octanol–water partition coefficient (Wildman–Crippen LogP) is 2.50. The molecule has 20 heavy (non-hydrogen) atoms. The third-order valence-electron chi connectivity index (χ3n) is 2.09. The van der Waals surface area contributed by atoms with Crippen molar-refractivity contribution in [2.24, 2.45) is 0 Å². The Morgan fingerprint density at radius 1 is 1.30 bits per heavy atom. The Kier molecular flexibility index (Phi) is 5.31. The van der Waals surface area contributed by atoms with Gasteiger partial charge < -0.3 is 14.8 Å². The number of benzene rings is 1. The van der Waals surface area contributed by atoms with Crippen molar-refractivity contribution in [3.8, 4) is 5.75 Å². The second-order valence-corrected chi connectivity index (χ2v) is 5.03. The van der Waals surface area contributed by atoms with Crippen molar-refractivity contribution in [1.82, 2.24) is 5.32 Å². The van der Waals surface area contributed by atoms with Crippen LogP contribution in [0.4, 0.5) is 10.5 Å². The molecule has 7 nitrogen and oxygen atoms in total. The molecular formula is C13H18N2O5. The summed E-state index contributed by atoms with van der Waals surface area (Å²) in [5.41, 5.74) is -0.534.